The highest BCUT2D eigenvalue weighted by molar-refractivity contribution is 5.78. The van der Waals surface area contributed by atoms with Gasteiger partial charge in [0.1, 0.15) is 5.75 Å². The molecule has 1 aromatic carbocycles. The van der Waals surface area contributed by atoms with Gasteiger partial charge in [0, 0.05) is 44.2 Å². The zero-order valence-corrected chi connectivity index (χ0v) is 19.1. The molecule has 6 nitrogen and oxygen atoms in total. The van der Waals surface area contributed by atoms with Crippen molar-refractivity contribution in [2.24, 2.45) is 0 Å². The van der Waals surface area contributed by atoms with Crippen LogP contribution >= 0.6 is 0 Å². The van der Waals surface area contributed by atoms with Gasteiger partial charge in [0.25, 0.3) is 0 Å². The lowest BCUT2D eigenvalue weighted by Crippen LogP contribution is -2.51. The number of methoxy groups -OCH3 is 1. The zero-order chi connectivity index (χ0) is 21.5. The number of piperidine rings is 1. The molecule has 3 aliphatic rings. The first-order valence-corrected chi connectivity index (χ1v) is 12.1. The second-order valence-corrected chi connectivity index (χ2v) is 9.58. The van der Waals surface area contributed by atoms with Crippen LogP contribution in [0.5, 0.6) is 5.75 Å². The molecule has 1 N–H and O–H groups in total. The van der Waals surface area contributed by atoms with Crippen molar-refractivity contribution in [2.45, 2.75) is 56.4 Å². The number of benzene rings is 1. The summed E-state index contributed by atoms with van der Waals surface area (Å²) in [5, 5.41) is 3.28. The SMILES string of the molecule is COc1ccc(C2(CN3CCC(NC(=O)CN4CCOCC4)CC3)CCCCC2)cc1. The van der Waals surface area contributed by atoms with Gasteiger partial charge < -0.3 is 19.7 Å². The predicted octanol–water partition coefficient (Wildman–Crippen LogP) is 2.81. The van der Waals surface area contributed by atoms with Crippen molar-refractivity contribution in [2.75, 3.05) is 59.6 Å². The summed E-state index contributed by atoms with van der Waals surface area (Å²) >= 11 is 0. The normalized spacial score (nSPS) is 23.4. The van der Waals surface area contributed by atoms with Gasteiger partial charge in [-0.05, 0) is 43.4 Å². The van der Waals surface area contributed by atoms with Crippen molar-refractivity contribution in [1.82, 2.24) is 15.1 Å². The predicted molar refractivity (Wildman–Crippen MR) is 123 cm³/mol. The van der Waals surface area contributed by atoms with Gasteiger partial charge in [0.15, 0.2) is 0 Å². The maximum Gasteiger partial charge on any atom is 0.234 e. The number of carbonyl (C=O) groups excluding carboxylic acids is 1. The largest absolute Gasteiger partial charge is 0.497 e. The highest BCUT2D eigenvalue weighted by atomic mass is 16.5. The molecule has 0 atom stereocenters. The molecular weight excluding hydrogens is 390 g/mol. The maximum absolute atomic E-state index is 12.4. The van der Waals surface area contributed by atoms with Crippen LogP contribution < -0.4 is 10.1 Å². The van der Waals surface area contributed by atoms with Crippen LogP contribution in [0.15, 0.2) is 24.3 Å². The minimum absolute atomic E-state index is 0.169. The minimum Gasteiger partial charge on any atom is -0.497 e. The Kier molecular flexibility index (Phi) is 7.86. The Morgan fingerprint density at radius 2 is 1.71 bits per heavy atom. The highest BCUT2D eigenvalue weighted by Gasteiger charge is 2.36. The van der Waals surface area contributed by atoms with Gasteiger partial charge in [0.05, 0.1) is 26.9 Å². The lowest BCUT2D eigenvalue weighted by atomic mass is 9.69. The molecule has 0 unspecified atom stereocenters. The summed E-state index contributed by atoms with van der Waals surface area (Å²) in [4.78, 5) is 17.3. The van der Waals surface area contributed by atoms with Crippen LogP contribution in [0.1, 0.15) is 50.5 Å². The van der Waals surface area contributed by atoms with E-state index in [2.05, 4.69) is 39.4 Å². The first kappa shape index (κ1) is 22.6. The number of nitrogens with zero attached hydrogens (tertiary/aromatic N) is 2. The molecule has 1 saturated carbocycles. The number of likely N-dealkylation sites (tertiary alicyclic amines) is 1. The maximum atomic E-state index is 12.4. The number of carbonyl (C=O) groups is 1. The first-order valence-electron chi connectivity index (χ1n) is 12.1. The van der Waals surface area contributed by atoms with Crippen molar-refractivity contribution >= 4 is 5.91 Å². The first-order chi connectivity index (χ1) is 15.2. The van der Waals surface area contributed by atoms with E-state index in [0.717, 1.165) is 64.5 Å². The Morgan fingerprint density at radius 3 is 2.35 bits per heavy atom. The molecule has 4 rings (SSSR count). The summed E-state index contributed by atoms with van der Waals surface area (Å²) in [5.74, 6) is 1.10. The van der Waals surface area contributed by atoms with Gasteiger partial charge in [-0.1, -0.05) is 31.4 Å². The lowest BCUT2D eigenvalue weighted by Gasteiger charge is -2.44. The van der Waals surface area contributed by atoms with Gasteiger partial charge >= 0.3 is 0 Å². The van der Waals surface area contributed by atoms with E-state index in [-0.39, 0.29) is 11.3 Å². The number of hydrogen-bond donors (Lipinski definition) is 1. The van der Waals surface area contributed by atoms with Crippen LogP contribution in [0.2, 0.25) is 0 Å². The number of morpholine rings is 1. The molecule has 2 saturated heterocycles. The van der Waals surface area contributed by atoms with Crippen molar-refractivity contribution in [3.63, 3.8) is 0 Å². The Labute approximate surface area is 187 Å². The van der Waals surface area contributed by atoms with E-state index in [1.54, 1.807) is 7.11 Å². The number of hydrogen-bond acceptors (Lipinski definition) is 5. The fourth-order valence-corrected chi connectivity index (χ4v) is 5.61. The Bertz CT molecular complexity index is 688. The molecule has 0 spiro atoms. The molecular formula is C25H39N3O3. The van der Waals surface area contributed by atoms with Crippen molar-refractivity contribution in [1.29, 1.82) is 0 Å². The van der Waals surface area contributed by atoms with Gasteiger partial charge in [-0.3, -0.25) is 9.69 Å². The molecule has 2 heterocycles. The average molecular weight is 430 g/mol. The zero-order valence-electron chi connectivity index (χ0n) is 19.1. The molecule has 1 aromatic rings. The van der Waals surface area contributed by atoms with E-state index in [0.29, 0.717) is 12.6 Å². The smallest absolute Gasteiger partial charge is 0.234 e. The molecule has 172 valence electrons. The van der Waals surface area contributed by atoms with Crippen LogP contribution in [-0.2, 0) is 14.9 Å². The van der Waals surface area contributed by atoms with Crippen LogP contribution in [0.4, 0.5) is 0 Å². The Hall–Kier alpha value is -1.63. The summed E-state index contributed by atoms with van der Waals surface area (Å²) in [7, 11) is 1.73. The van der Waals surface area contributed by atoms with Crippen LogP contribution in [-0.4, -0.2) is 81.3 Å². The van der Waals surface area contributed by atoms with Gasteiger partial charge in [0.2, 0.25) is 5.91 Å². The third-order valence-corrected chi connectivity index (χ3v) is 7.46. The second kappa shape index (κ2) is 10.8. The fourth-order valence-electron chi connectivity index (χ4n) is 5.61. The number of ether oxygens (including phenoxy) is 2. The van der Waals surface area contributed by atoms with E-state index < -0.39 is 0 Å². The van der Waals surface area contributed by atoms with Gasteiger partial charge in [-0.25, -0.2) is 0 Å². The van der Waals surface area contributed by atoms with Crippen LogP contribution in [0.3, 0.4) is 0 Å². The molecule has 31 heavy (non-hydrogen) atoms. The fraction of sp³-hybridized carbons (Fsp3) is 0.720. The minimum atomic E-state index is 0.169. The van der Waals surface area contributed by atoms with Crippen molar-refractivity contribution in [3.8, 4) is 5.75 Å². The van der Waals surface area contributed by atoms with Crippen molar-refractivity contribution < 1.29 is 14.3 Å². The summed E-state index contributed by atoms with van der Waals surface area (Å²) in [6.07, 6.45) is 8.64. The third-order valence-electron chi connectivity index (χ3n) is 7.46. The quantitative estimate of drug-likeness (QED) is 0.722. The summed E-state index contributed by atoms with van der Waals surface area (Å²) < 4.78 is 10.7. The molecule has 1 aliphatic carbocycles. The number of amides is 1. The van der Waals surface area contributed by atoms with E-state index in [1.807, 2.05) is 0 Å². The topological polar surface area (TPSA) is 54.0 Å². The van der Waals surface area contributed by atoms with E-state index >= 15 is 0 Å². The third kappa shape index (κ3) is 5.99. The molecule has 3 fully saturated rings. The van der Waals surface area contributed by atoms with Crippen LogP contribution in [0, 0.1) is 0 Å². The average Bonchev–Trinajstić information content (AvgIpc) is 2.82. The molecule has 0 aromatic heterocycles. The molecule has 0 bridgehead atoms. The monoisotopic (exact) mass is 429 g/mol. The van der Waals surface area contributed by atoms with Gasteiger partial charge in [-0.15, -0.1) is 0 Å². The molecule has 2 aliphatic heterocycles. The van der Waals surface area contributed by atoms with Crippen LogP contribution in [0.25, 0.3) is 0 Å². The highest BCUT2D eigenvalue weighted by Crippen LogP contribution is 2.41. The standard InChI is InChI=1S/C25H39N3O3/c1-30-23-7-5-21(6-8-23)25(11-3-2-4-12-25)20-28-13-9-22(10-14-28)26-24(29)19-27-15-17-31-18-16-27/h5-8,22H,2-4,9-20H2,1H3,(H,26,29). The van der Waals surface area contributed by atoms with E-state index in [4.69, 9.17) is 9.47 Å². The molecule has 6 heteroatoms. The number of nitrogens with one attached hydrogen (secondary N) is 1. The summed E-state index contributed by atoms with van der Waals surface area (Å²) in [6, 6.07) is 9.10. The van der Waals surface area contributed by atoms with E-state index in [1.165, 1.54) is 37.7 Å². The Balaban J connectivity index is 1.29. The summed E-state index contributed by atoms with van der Waals surface area (Å²) in [5.41, 5.74) is 1.73. The Morgan fingerprint density at radius 1 is 1.03 bits per heavy atom. The van der Waals surface area contributed by atoms with Crippen molar-refractivity contribution in [3.05, 3.63) is 29.8 Å². The lowest BCUT2D eigenvalue weighted by molar-refractivity contribution is -0.124. The summed E-state index contributed by atoms with van der Waals surface area (Å²) in [6.45, 7) is 6.97. The molecule has 1 amide bonds. The molecule has 0 radical (unpaired) electrons. The van der Waals surface area contributed by atoms with E-state index in [9.17, 15) is 4.79 Å². The second-order valence-electron chi connectivity index (χ2n) is 9.58. The number of rotatable bonds is 7. The van der Waals surface area contributed by atoms with Gasteiger partial charge in [-0.2, -0.15) is 0 Å².